The van der Waals surface area contributed by atoms with Crippen molar-refractivity contribution in [2.75, 3.05) is 5.75 Å². The van der Waals surface area contributed by atoms with Gasteiger partial charge in [-0.1, -0.05) is 150 Å². The van der Waals surface area contributed by atoms with Gasteiger partial charge in [0.2, 0.25) is 0 Å². The van der Waals surface area contributed by atoms with E-state index >= 15 is 0 Å². The zero-order valence-corrected chi connectivity index (χ0v) is 28.5. The van der Waals surface area contributed by atoms with Gasteiger partial charge in [-0.15, -0.1) is 0 Å². The number of benzene rings is 1. The van der Waals surface area contributed by atoms with E-state index in [1.54, 1.807) is 0 Å². The molecule has 1 aromatic heterocycles. The summed E-state index contributed by atoms with van der Waals surface area (Å²) in [6, 6.07) is 4.82. The van der Waals surface area contributed by atoms with Gasteiger partial charge in [0.05, 0.1) is 0 Å². The number of hydrogen-bond acceptors (Lipinski definition) is 4. The summed E-state index contributed by atoms with van der Waals surface area (Å²) in [6.45, 7) is 20.8. The van der Waals surface area contributed by atoms with Gasteiger partial charge in [0.1, 0.15) is 11.6 Å². The van der Waals surface area contributed by atoms with E-state index in [2.05, 4.69) is 74.4 Å². The van der Waals surface area contributed by atoms with E-state index in [1.165, 1.54) is 106 Å². The number of rotatable bonds is 18. The largest absolute Gasteiger partial charge is 0.218 e. The highest BCUT2D eigenvalue weighted by atomic mass is 32.2. The summed E-state index contributed by atoms with van der Waals surface area (Å²) in [5.41, 5.74) is 5.81. The van der Waals surface area contributed by atoms with Crippen molar-refractivity contribution in [3.05, 3.63) is 46.0 Å². The Kier molecular flexibility index (Phi) is 15.2. The van der Waals surface area contributed by atoms with E-state index in [0.717, 1.165) is 35.4 Å². The zero-order chi connectivity index (χ0) is 29.6. The average molecular weight is 568 g/mol. The van der Waals surface area contributed by atoms with Gasteiger partial charge >= 0.3 is 0 Å². The van der Waals surface area contributed by atoms with Crippen LogP contribution in [0.1, 0.15) is 173 Å². The lowest BCUT2D eigenvalue weighted by atomic mass is 9.75. The third-order valence-electron chi connectivity index (χ3n) is 7.89. The highest BCUT2D eigenvalue weighted by Crippen LogP contribution is 2.35. The number of hydrogen-bond donors (Lipinski definition) is 0. The maximum atomic E-state index is 5.02. The standard InChI is InChI=1S/C36H61N3S/c1-10-12-14-16-18-19-21-23-32-37-33(39-34(38-32)40-24-22-20-17-15-13-11-2)27-29-25-30(35(4,5)6)28(3)31(26-29)36(7,8)9/h25-26H,10-24,27H2,1-9H3. The molecule has 1 heterocycles. The van der Waals surface area contributed by atoms with E-state index in [9.17, 15) is 0 Å². The molecule has 2 rings (SSSR count). The molecule has 4 heteroatoms. The molecule has 0 unspecified atom stereocenters. The number of aryl methyl sites for hydroxylation is 1. The molecule has 0 fully saturated rings. The van der Waals surface area contributed by atoms with Gasteiger partial charge in [0.15, 0.2) is 5.16 Å². The molecule has 0 radical (unpaired) electrons. The molecule has 0 aliphatic heterocycles. The third-order valence-corrected chi connectivity index (χ3v) is 8.82. The Morgan fingerprint density at radius 3 is 1.60 bits per heavy atom. The van der Waals surface area contributed by atoms with Crippen molar-refractivity contribution in [3.8, 4) is 0 Å². The first-order valence-corrected chi connectivity index (χ1v) is 17.4. The number of thioether (sulfide) groups is 1. The first-order chi connectivity index (χ1) is 19.0. The van der Waals surface area contributed by atoms with Crippen LogP contribution in [0.2, 0.25) is 0 Å². The van der Waals surface area contributed by atoms with Crippen LogP contribution in [0.5, 0.6) is 0 Å². The zero-order valence-electron chi connectivity index (χ0n) is 27.7. The van der Waals surface area contributed by atoms with Gasteiger partial charge in [-0.3, -0.25) is 0 Å². The van der Waals surface area contributed by atoms with E-state index in [0.29, 0.717) is 0 Å². The van der Waals surface area contributed by atoms with E-state index in [-0.39, 0.29) is 10.8 Å². The van der Waals surface area contributed by atoms with Crippen LogP contribution in [0, 0.1) is 6.92 Å². The van der Waals surface area contributed by atoms with Crippen LogP contribution < -0.4 is 0 Å². The van der Waals surface area contributed by atoms with Crippen LogP contribution in [-0.4, -0.2) is 20.7 Å². The number of aromatic nitrogens is 3. The summed E-state index contributed by atoms with van der Waals surface area (Å²) >= 11 is 1.83. The predicted molar refractivity (Wildman–Crippen MR) is 177 cm³/mol. The minimum Gasteiger partial charge on any atom is -0.218 e. The highest BCUT2D eigenvalue weighted by molar-refractivity contribution is 7.99. The third kappa shape index (κ3) is 12.6. The van der Waals surface area contributed by atoms with Crippen LogP contribution >= 0.6 is 11.8 Å². The lowest BCUT2D eigenvalue weighted by molar-refractivity contribution is 0.559. The van der Waals surface area contributed by atoms with Crippen LogP contribution in [-0.2, 0) is 23.7 Å². The summed E-state index contributed by atoms with van der Waals surface area (Å²) < 4.78 is 0. The molecule has 2 aromatic rings. The Labute approximate surface area is 252 Å². The van der Waals surface area contributed by atoms with Crippen molar-refractivity contribution in [3.63, 3.8) is 0 Å². The Morgan fingerprint density at radius 2 is 1.07 bits per heavy atom. The summed E-state index contributed by atoms with van der Waals surface area (Å²) in [6.07, 6.45) is 18.8. The van der Waals surface area contributed by atoms with Crippen LogP contribution in [0.3, 0.4) is 0 Å². The van der Waals surface area contributed by atoms with E-state index in [1.807, 2.05) is 11.8 Å². The average Bonchev–Trinajstić information content (AvgIpc) is 2.87. The topological polar surface area (TPSA) is 38.7 Å². The first kappa shape index (κ1) is 34.8. The van der Waals surface area contributed by atoms with Crippen molar-refractivity contribution in [1.29, 1.82) is 0 Å². The Morgan fingerprint density at radius 1 is 0.600 bits per heavy atom. The molecule has 0 saturated heterocycles. The molecule has 0 N–H and O–H groups in total. The lowest BCUT2D eigenvalue weighted by Crippen LogP contribution is -2.20. The smallest absolute Gasteiger partial charge is 0.191 e. The summed E-state index contributed by atoms with van der Waals surface area (Å²) in [5, 5.41) is 0.927. The van der Waals surface area contributed by atoms with E-state index in [4.69, 9.17) is 15.0 Å². The molecule has 1 aromatic carbocycles. The minimum atomic E-state index is 0.0968. The molecule has 0 amide bonds. The SMILES string of the molecule is CCCCCCCCCc1nc(Cc2cc(C(C)(C)C)c(C)c(C(C)(C)C)c2)nc(SCCCCCCCC)n1. The second-order valence-corrected chi connectivity index (χ2v) is 15.0. The number of nitrogens with zero attached hydrogens (tertiary/aromatic N) is 3. The molecule has 0 spiro atoms. The van der Waals surface area contributed by atoms with E-state index < -0.39 is 0 Å². The van der Waals surface area contributed by atoms with Crippen molar-refractivity contribution in [2.24, 2.45) is 0 Å². The van der Waals surface area contributed by atoms with Gasteiger partial charge in [0, 0.05) is 18.6 Å². The van der Waals surface area contributed by atoms with Crippen LogP contribution in [0.4, 0.5) is 0 Å². The molecule has 0 atom stereocenters. The van der Waals surface area contributed by atoms with Crippen molar-refractivity contribution >= 4 is 11.8 Å². The molecule has 0 bridgehead atoms. The van der Waals surface area contributed by atoms with Gasteiger partial charge in [-0.25, -0.2) is 15.0 Å². The molecule has 0 saturated carbocycles. The Hall–Kier alpha value is -1.42. The molecule has 226 valence electrons. The van der Waals surface area contributed by atoms with Crippen molar-refractivity contribution in [1.82, 2.24) is 15.0 Å². The predicted octanol–water partition coefficient (Wildman–Crippen LogP) is 11.1. The van der Waals surface area contributed by atoms with Gasteiger partial charge in [-0.2, -0.15) is 0 Å². The fraction of sp³-hybridized carbons (Fsp3) is 0.750. The minimum absolute atomic E-state index is 0.0968. The summed E-state index contributed by atoms with van der Waals surface area (Å²) in [5.74, 6) is 3.02. The van der Waals surface area contributed by atoms with Gasteiger partial charge in [0.25, 0.3) is 0 Å². The molecular weight excluding hydrogens is 506 g/mol. The van der Waals surface area contributed by atoms with Gasteiger partial charge < -0.3 is 0 Å². The first-order valence-electron chi connectivity index (χ1n) is 16.5. The fourth-order valence-corrected chi connectivity index (χ4v) is 6.47. The quantitative estimate of drug-likeness (QED) is 0.133. The van der Waals surface area contributed by atoms with Crippen LogP contribution in [0.25, 0.3) is 0 Å². The Balaban J connectivity index is 2.22. The maximum Gasteiger partial charge on any atom is 0.191 e. The molecule has 40 heavy (non-hydrogen) atoms. The lowest BCUT2D eigenvalue weighted by Gasteiger charge is -2.29. The van der Waals surface area contributed by atoms with Crippen molar-refractivity contribution in [2.45, 2.75) is 175 Å². The molecular formula is C36H61N3S. The normalized spacial score (nSPS) is 12.3. The van der Waals surface area contributed by atoms with Crippen molar-refractivity contribution < 1.29 is 0 Å². The second-order valence-electron chi connectivity index (χ2n) is 13.9. The summed E-state index contributed by atoms with van der Waals surface area (Å²) in [7, 11) is 0. The molecule has 0 aliphatic rings. The monoisotopic (exact) mass is 567 g/mol. The maximum absolute atomic E-state index is 5.02. The summed E-state index contributed by atoms with van der Waals surface area (Å²) in [4.78, 5) is 15.0. The fourth-order valence-electron chi connectivity index (χ4n) is 5.60. The molecule has 0 aliphatic carbocycles. The number of unbranched alkanes of at least 4 members (excludes halogenated alkanes) is 11. The van der Waals surface area contributed by atoms with Crippen LogP contribution in [0.15, 0.2) is 17.3 Å². The highest BCUT2D eigenvalue weighted by Gasteiger charge is 2.24. The Bertz CT molecular complexity index is 929. The second kappa shape index (κ2) is 17.5. The molecule has 3 nitrogen and oxygen atoms in total. The van der Waals surface area contributed by atoms with Gasteiger partial charge in [-0.05, 0) is 52.8 Å².